The smallest absolute Gasteiger partial charge is 0.306 e. The van der Waals surface area contributed by atoms with E-state index in [9.17, 15) is 9.59 Å². The SMILES string of the molecule is CCC(=O)c1ccc2c(c1)CN(OCc1ccccc1)C(=O)N2. The molecule has 0 aromatic heterocycles. The summed E-state index contributed by atoms with van der Waals surface area (Å²) in [6.45, 7) is 2.47. The predicted molar refractivity (Wildman–Crippen MR) is 86.9 cm³/mol. The number of carbonyl (C=O) groups is 2. The number of fused-ring (bicyclic) bond motifs is 1. The fourth-order valence-corrected chi connectivity index (χ4v) is 2.46. The van der Waals surface area contributed by atoms with Crippen molar-refractivity contribution in [3.8, 4) is 0 Å². The first-order chi connectivity index (χ1) is 11.2. The lowest BCUT2D eigenvalue weighted by atomic mass is 10.0. The lowest BCUT2D eigenvalue weighted by Crippen LogP contribution is -2.38. The molecule has 0 saturated carbocycles. The second-order valence-electron chi connectivity index (χ2n) is 5.37. The number of hydroxylamine groups is 2. The molecule has 0 fully saturated rings. The van der Waals surface area contributed by atoms with Crippen LogP contribution in [0.15, 0.2) is 48.5 Å². The maximum absolute atomic E-state index is 12.1. The summed E-state index contributed by atoms with van der Waals surface area (Å²) in [4.78, 5) is 29.5. The van der Waals surface area contributed by atoms with E-state index in [-0.39, 0.29) is 11.8 Å². The molecule has 118 valence electrons. The molecule has 2 amide bonds. The van der Waals surface area contributed by atoms with Crippen molar-refractivity contribution in [2.45, 2.75) is 26.5 Å². The Morgan fingerprint density at radius 1 is 1.22 bits per heavy atom. The normalized spacial score (nSPS) is 13.4. The van der Waals surface area contributed by atoms with Gasteiger partial charge in [0.1, 0.15) is 6.61 Å². The molecule has 5 nitrogen and oxygen atoms in total. The zero-order valence-corrected chi connectivity index (χ0v) is 12.9. The summed E-state index contributed by atoms with van der Waals surface area (Å²) >= 11 is 0. The van der Waals surface area contributed by atoms with Gasteiger partial charge in [-0.1, -0.05) is 37.3 Å². The van der Waals surface area contributed by atoms with Crippen molar-refractivity contribution >= 4 is 17.5 Å². The fourth-order valence-electron chi connectivity index (χ4n) is 2.46. The van der Waals surface area contributed by atoms with E-state index in [0.29, 0.717) is 25.1 Å². The number of carbonyl (C=O) groups excluding carboxylic acids is 2. The van der Waals surface area contributed by atoms with Gasteiger partial charge in [0.25, 0.3) is 0 Å². The van der Waals surface area contributed by atoms with E-state index in [4.69, 9.17) is 4.84 Å². The van der Waals surface area contributed by atoms with E-state index >= 15 is 0 Å². The van der Waals surface area contributed by atoms with Crippen molar-refractivity contribution in [3.05, 3.63) is 65.2 Å². The molecule has 2 aromatic carbocycles. The minimum absolute atomic E-state index is 0.0847. The number of nitrogens with zero attached hydrogens (tertiary/aromatic N) is 1. The van der Waals surface area contributed by atoms with Gasteiger partial charge >= 0.3 is 6.03 Å². The Morgan fingerprint density at radius 3 is 2.74 bits per heavy atom. The van der Waals surface area contributed by atoms with Gasteiger partial charge in [-0.25, -0.2) is 4.79 Å². The van der Waals surface area contributed by atoms with Crippen LogP contribution in [0.4, 0.5) is 10.5 Å². The number of anilines is 1. The molecule has 1 aliphatic heterocycles. The van der Waals surface area contributed by atoms with E-state index in [1.807, 2.05) is 43.3 Å². The Bertz CT molecular complexity index is 728. The van der Waals surface area contributed by atoms with Gasteiger partial charge in [0.05, 0.1) is 6.54 Å². The number of Topliss-reactive ketones (excluding diaryl/α,β-unsaturated/α-hetero) is 1. The second kappa shape index (κ2) is 6.62. The minimum Gasteiger partial charge on any atom is -0.306 e. The maximum atomic E-state index is 12.1. The number of hydrogen-bond acceptors (Lipinski definition) is 3. The zero-order chi connectivity index (χ0) is 16.2. The summed E-state index contributed by atoms with van der Waals surface area (Å²) in [5.74, 6) is 0.0847. The first-order valence-electron chi connectivity index (χ1n) is 7.59. The average molecular weight is 310 g/mol. The van der Waals surface area contributed by atoms with Gasteiger partial charge in [-0.2, -0.15) is 5.06 Å². The maximum Gasteiger partial charge on any atom is 0.346 e. The van der Waals surface area contributed by atoms with Crippen LogP contribution in [0.3, 0.4) is 0 Å². The van der Waals surface area contributed by atoms with Gasteiger partial charge in [0.15, 0.2) is 5.78 Å². The average Bonchev–Trinajstić information content (AvgIpc) is 2.59. The quantitative estimate of drug-likeness (QED) is 0.855. The van der Waals surface area contributed by atoms with Crippen LogP contribution < -0.4 is 5.32 Å². The standard InChI is InChI=1S/C18H18N2O3/c1-2-17(21)14-8-9-16-15(10-14)11-20(18(22)19-16)23-12-13-6-4-3-5-7-13/h3-10H,2,11-12H2,1H3,(H,19,22). The van der Waals surface area contributed by atoms with Gasteiger partial charge in [-0.3, -0.25) is 9.63 Å². The summed E-state index contributed by atoms with van der Waals surface area (Å²) in [6, 6.07) is 14.7. The fraction of sp³-hybridized carbons (Fsp3) is 0.222. The Morgan fingerprint density at radius 2 is 2.00 bits per heavy atom. The molecule has 2 aromatic rings. The summed E-state index contributed by atoms with van der Waals surface area (Å²) in [6.07, 6.45) is 0.458. The number of amides is 2. The highest BCUT2D eigenvalue weighted by Crippen LogP contribution is 2.25. The molecule has 0 saturated heterocycles. The van der Waals surface area contributed by atoms with Crippen LogP contribution in [0.5, 0.6) is 0 Å². The minimum atomic E-state index is -0.303. The Kier molecular flexibility index (Phi) is 4.39. The summed E-state index contributed by atoms with van der Waals surface area (Å²) in [7, 11) is 0. The number of benzene rings is 2. The molecule has 3 rings (SSSR count). The lowest BCUT2D eigenvalue weighted by molar-refractivity contribution is -0.132. The topological polar surface area (TPSA) is 58.6 Å². The summed E-state index contributed by atoms with van der Waals surface area (Å²) < 4.78 is 0. The monoisotopic (exact) mass is 310 g/mol. The number of hydrogen-bond donors (Lipinski definition) is 1. The summed E-state index contributed by atoms with van der Waals surface area (Å²) in [5, 5.41) is 4.07. The van der Waals surface area contributed by atoms with Crippen LogP contribution in [-0.4, -0.2) is 16.9 Å². The molecule has 0 aliphatic carbocycles. The largest absolute Gasteiger partial charge is 0.346 e. The van der Waals surface area contributed by atoms with Gasteiger partial charge in [0.2, 0.25) is 0 Å². The zero-order valence-electron chi connectivity index (χ0n) is 12.9. The molecule has 1 N–H and O–H groups in total. The van der Waals surface area contributed by atoms with Crippen molar-refractivity contribution in [2.24, 2.45) is 0 Å². The van der Waals surface area contributed by atoms with Crippen LogP contribution in [0.1, 0.15) is 34.8 Å². The van der Waals surface area contributed by atoms with E-state index in [0.717, 1.165) is 16.8 Å². The van der Waals surface area contributed by atoms with Gasteiger partial charge in [-0.05, 0) is 29.3 Å². The molecular weight excluding hydrogens is 292 g/mol. The highest BCUT2D eigenvalue weighted by molar-refractivity contribution is 5.98. The molecule has 0 atom stereocenters. The number of urea groups is 1. The Labute approximate surface area is 134 Å². The third-order valence-corrected chi connectivity index (χ3v) is 3.76. The van der Waals surface area contributed by atoms with Crippen molar-refractivity contribution in [1.29, 1.82) is 0 Å². The van der Waals surface area contributed by atoms with Crippen molar-refractivity contribution in [3.63, 3.8) is 0 Å². The van der Waals surface area contributed by atoms with Crippen molar-refractivity contribution in [2.75, 3.05) is 5.32 Å². The summed E-state index contributed by atoms with van der Waals surface area (Å²) in [5.41, 5.74) is 3.24. The third kappa shape index (κ3) is 3.40. The highest BCUT2D eigenvalue weighted by atomic mass is 16.7. The molecule has 1 heterocycles. The molecule has 1 aliphatic rings. The molecule has 0 radical (unpaired) electrons. The van der Waals surface area contributed by atoms with Crippen LogP contribution >= 0.6 is 0 Å². The molecule has 0 unspecified atom stereocenters. The first kappa shape index (κ1) is 15.2. The highest BCUT2D eigenvalue weighted by Gasteiger charge is 2.24. The van der Waals surface area contributed by atoms with Crippen LogP contribution in [-0.2, 0) is 18.0 Å². The first-order valence-corrected chi connectivity index (χ1v) is 7.59. The second-order valence-corrected chi connectivity index (χ2v) is 5.37. The number of rotatable bonds is 5. The van der Waals surface area contributed by atoms with Gasteiger partial charge in [0, 0.05) is 17.7 Å². The van der Waals surface area contributed by atoms with Crippen molar-refractivity contribution < 1.29 is 14.4 Å². The number of ketones is 1. The third-order valence-electron chi connectivity index (χ3n) is 3.76. The van der Waals surface area contributed by atoms with Crippen LogP contribution in [0.2, 0.25) is 0 Å². The number of nitrogens with one attached hydrogen (secondary N) is 1. The van der Waals surface area contributed by atoms with E-state index in [2.05, 4.69) is 5.32 Å². The molecular formula is C18H18N2O3. The van der Waals surface area contributed by atoms with E-state index in [1.54, 1.807) is 12.1 Å². The Balaban J connectivity index is 1.73. The lowest BCUT2D eigenvalue weighted by Gasteiger charge is -2.28. The van der Waals surface area contributed by atoms with Crippen LogP contribution in [0, 0.1) is 0 Å². The van der Waals surface area contributed by atoms with Crippen LogP contribution in [0.25, 0.3) is 0 Å². The molecule has 0 bridgehead atoms. The molecule has 0 spiro atoms. The predicted octanol–water partition coefficient (Wildman–Crippen LogP) is 3.76. The molecule has 23 heavy (non-hydrogen) atoms. The van der Waals surface area contributed by atoms with E-state index < -0.39 is 0 Å². The van der Waals surface area contributed by atoms with Crippen molar-refractivity contribution in [1.82, 2.24) is 5.06 Å². The van der Waals surface area contributed by atoms with E-state index in [1.165, 1.54) is 5.06 Å². The Hall–Kier alpha value is -2.66. The molecule has 5 heteroatoms. The van der Waals surface area contributed by atoms with Gasteiger partial charge < -0.3 is 5.32 Å². The van der Waals surface area contributed by atoms with Gasteiger partial charge in [-0.15, -0.1) is 0 Å².